The van der Waals surface area contributed by atoms with Gasteiger partial charge in [-0.05, 0) is 29.8 Å². The monoisotopic (exact) mass is 329 g/mol. The summed E-state index contributed by atoms with van der Waals surface area (Å²) in [6.45, 7) is 4.82. The van der Waals surface area contributed by atoms with Crippen LogP contribution in [0.1, 0.15) is 11.1 Å². The van der Waals surface area contributed by atoms with Crippen LogP contribution in [0.5, 0.6) is 0 Å². The van der Waals surface area contributed by atoms with Crippen molar-refractivity contribution in [3.8, 4) is 0 Å². The van der Waals surface area contributed by atoms with E-state index >= 15 is 0 Å². The number of hydrogen-bond donors (Lipinski definition) is 1. The number of piperazine rings is 1. The van der Waals surface area contributed by atoms with Gasteiger partial charge in [0.05, 0.1) is 0 Å². The molecule has 0 bridgehead atoms. The number of rotatable bonds is 4. The topological polar surface area (TPSA) is 32.5 Å². The minimum Gasteiger partial charge on any atom is -0.389 e. The van der Waals surface area contributed by atoms with Gasteiger partial charge in [-0.1, -0.05) is 36.5 Å². The summed E-state index contributed by atoms with van der Waals surface area (Å²) >= 11 is 4.97. The predicted octanol–water partition coefficient (Wildman–Crippen LogP) is 2.78. The molecule has 0 atom stereocenters. The average molecular weight is 329 g/mol. The van der Waals surface area contributed by atoms with Gasteiger partial charge in [0.25, 0.3) is 0 Å². The first-order valence-corrected chi connectivity index (χ1v) is 8.14. The maximum absolute atomic E-state index is 13.0. The fraction of sp³-hybridized carbons (Fsp3) is 0.278. The molecule has 3 rings (SSSR count). The zero-order valence-electron chi connectivity index (χ0n) is 12.9. The highest BCUT2D eigenvalue weighted by molar-refractivity contribution is 7.80. The maximum Gasteiger partial charge on any atom is 0.123 e. The molecule has 0 radical (unpaired) electrons. The van der Waals surface area contributed by atoms with Gasteiger partial charge in [-0.15, -0.1) is 0 Å². The van der Waals surface area contributed by atoms with Gasteiger partial charge in [-0.25, -0.2) is 4.39 Å². The molecule has 23 heavy (non-hydrogen) atoms. The Kier molecular flexibility index (Phi) is 4.88. The quantitative estimate of drug-likeness (QED) is 0.875. The summed E-state index contributed by atoms with van der Waals surface area (Å²) in [5, 5.41) is 0. The van der Waals surface area contributed by atoms with E-state index in [1.165, 1.54) is 17.7 Å². The summed E-state index contributed by atoms with van der Waals surface area (Å²) in [4.78, 5) is 5.16. The fourth-order valence-electron chi connectivity index (χ4n) is 2.85. The third-order valence-electron chi connectivity index (χ3n) is 4.21. The number of thiocarbonyl (C=S) groups is 1. The first-order chi connectivity index (χ1) is 11.1. The van der Waals surface area contributed by atoms with Crippen molar-refractivity contribution in [2.24, 2.45) is 5.73 Å². The Bertz CT molecular complexity index is 662. The largest absolute Gasteiger partial charge is 0.389 e. The van der Waals surface area contributed by atoms with E-state index < -0.39 is 0 Å². The summed E-state index contributed by atoms with van der Waals surface area (Å²) in [6, 6.07) is 14.9. The van der Waals surface area contributed by atoms with Crippen LogP contribution in [-0.2, 0) is 6.54 Å². The maximum atomic E-state index is 13.0. The number of nitrogens with two attached hydrogens (primary N) is 1. The molecule has 3 nitrogen and oxygen atoms in total. The van der Waals surface area contributed by atoms with E-state index in [9.17, 15) is 4.39 Å². The molecule has 1 fully saturated rings. The standard InChI is InChI=1S/C18H20FN3S/c19-16-5-7-17(8-6-16)22-11-9-21(10-12-22)13-14-1-3-15(4-2-14)18(20)23/h1-8H,9-13H2,(H2,20,23). The van der Waals surface area contributed by atoms with E-state index in [-0.39, 0.29) is 5.82 Å². The highest BCUT2D eigenvalue weighted by atomic mass is 32.1. The van der Waals surface area contributed by atoms with Crippen LogP contribution >= 0.6 is 12.2 Å². The molecule has 1 aliphatic rings. The molecule has 0 unspecified atom stereocenters. The van der Waals surface area contributed by atoms with Crippen LogP contribution in [0.2, 0.25) is 0 Å². The predicted molar refractivity (Wildman–Crippen MR) is 96.2 cm³/mol. The van der Waals surface area contributed by atoms with Crippen molar-refractivity contribution in [2.75, 3.05) is 31.1 Å². The lowest BCUT2D eigenvalue weighted by molar-refractivity contribution is 0.250. The third kappa shape index (κ3) is 4.06. The average Bonchev–Trinajstić information content (AvgIpc) is 2.57. The summed E-state index contributed by atoms with van der Waals surface area (Å²) in [6.07, 6.45) is 0. The summed E-state index contributed by atoms with van der Waals surface area (Å²) in [5.41, 5.74) is 8.88. The van der Waals surface area contributed by atoms with Crippen molar-refractivity contribution in [3.05, 3.63) is 65.5 Å². The molecule has 0 aromatic heterocycles. The number of nitrogens with zero attached hydrogens (tertiary/aromatic N) is 2. The van der Waals surface area contributed by atoms with Crippen LogP contribution in [0.25, 0.3) is 0 Å². The van der Waals surface area contributed by atoms with Crippen molar-refractivity contribution >= 4 is 22.9 Å². The first-order valence-electron chi connectivity index (χ1n) is 7.73. The highest BCUT2D eigenvalue weighted by Crippen LogP contribution is 2.18. The molecule has 5 heteroatoms. The molecule has 1 saturated heterocycles. The molecule has 2 aromatic carbocycles. The Hall–Kier alpha value is -1.98. The molecule has 0 amide bonds. The SMILES string of the molecule is NC(=S)c1ccc(CN2CCN(c3ccc(F)cc3)CC2)cc1. The minimum atomic E-state index is -0.187. The van der Waals surface area contributed by atoms with Gasteiger partial charge < -0.3 is 10.6 Å². The lowest BCUT2D eigenvalue weighted by atomic mass is 10.1. The van der Waals surface area contributed by atoms with Crippen LogP contribution < -0.4 is 10.6 Å². The zero-order valence-corrected chi connectivity index (χ0v) is 13.7. The molecular formula is C18H20FN3S. The van der Waals surface area contributed by atoms with Crippen molar-refractivity contribution in [3.63, 3.8) is 0 Å². The van der Waals surface area contributed by atoms with Crippen LogP contribution in [0.15, 0.2) is 48.5 Å². The molecule has 0 aliphatic carbocycles. The first kappa shape index (κ1) is 15.9. The van der Waals surface area contributed by atoms with Crippen molar-refractivity contribution in [1.29, 1.82) is 0 Å². The normalized spacial score (nSPS) is 15.6. The Balaban J connectivity index is 1.54. The smallest absolute Gasteiger partial charge is 0.123 e. The second-order valence-corrected chi connectivity index (χ2v) is 6.24. The van der Waals surface area contributed by atoms with Gasteiger partial charge in [0.1, 0.15) is 10.8 Å². The molecule has 0 spiro atoms. The van der Waals surface area contributed by atoms with Crippen LogP contribution in [0.3, 0.4) is 0 Å². The lowest BCUT2D eigenvalue weighted by Gasteiger charge is -2.36. The number of hydrogen-bond acceptors (Lipinski definition) is 3. The minimum absolute atomic E-state index is 0.187. The third-order valence-corrected chi connectivity index (χ3v) is 4.44. The van der Waals surface area contributed by atoms with Crippen molar-refractivity contribution < 1.29 is 4.39 Å². The number of halogens is 1. The van der Waals surface area contributed by atoms with Crippen LogP contribution in [0.4, 0.5) is 10.1 Å². The van der Waals surface area contributed by atoms with Gasteiger partial charge in [0.2, 0.25) is 0 Å². The number of anilines is 1. The fourth-order valence-corrected chi connectivity index (χ4v) is 2.98. The Morgan fingerprint density at radius 1 is 0.957 bits per heavy atom. The van der Waals surface area contributed by atoms with E-state index in [1.807, 2.05) is 24.3 Å². The molecular weight excluding hydrogens is 309 g/mol. The molecule has 0 saturated carbocycles. The molecule has 120 valence electrons. The molecule has 1 aliphatic heterocycles. The molecule has 2 aromatic rings. The molecule has 1 heterocycles. The van der Waals surface area contributed by atoms with Gasteiger partial charge in [-0.2, -0.15) is 0 Å². The summed E-state index contributed by atoms with van der Waals surface area (Å²) in [7, 11) is 0. The van der Waals surface area contributed by atoms with E-state index in [1.54, 1.807) is 0 Å². The van der Waals surface area contributed by atoms with Gasteiger partial charge in [-0.3, -0.25) is 4.90 Å². The van der Waals surface area contributed by atoms with E-state index in [4.69, 9.17) is 18.0 Å². The second-order valence-electron chi connectivity index (χ2n) is 5.80. The van der Waals surface area contributed by atoms with Crippen LogP contribution in [-0.4, -0.2) is 36.1 Å². The summed E-state index contributed by atoms with van der Waals surface area (Å²) in [5.74, 6) is -0.187. The number of benzene rings is 2. The summed E-state index contributed by atoms with van der Waals surface area (Å²) < 4.78 is 13.0. The lowest BCUT2D eigenvalue weighted by Crippen LogP contribution is -2.45. The van der Waals surface area contributed by atoms with Crippen molar-refractivity contribution in [2.45, 2.75) is 6.54 Å². The van der Waals surface area contributed by atoms with E-state index in [2.05, 4.69) is 21.9 Å². The van der Waals surface area contributed by atoms with Gasteiger partial charge >= 0.3 is 0 Å². The second kappa shape index (κ2) is 7.06. The zero-order chi connectivity index (χ0) is 16.2. The van der Waals surface area contributed by atoms with Gasteiger partial charge in [0.15, 0.2) is 0 Å². The van der Waals surface area contributed by atoms with E-state index in [0.29, 0.717) is 4.99 Å². The Morgan fingerprint density at radius 3 is 2.13 bits per heavy atom. The van der Waals surface area contributed by atoms with Crippen molar-refractivity contribution in [1.82, 2.24) is 4.90 Å². The van der Waals surface area contributed by atoms with Gasteiger partial charge in [0, 0.05) is 44.0 Å². The highest BCUT2D eigenvalue weighted by Gasteiger charge is 2.17. The Morgan fingerprint density at radius 2 is 1.57 bits per heavy atom. The Labute approximate surface area is 141 Å². The van der Waals surface area contributed by atoms with Crippen LogP contribution in [0, 0.1) is 5.82 Å². The van der Waals surface area contributed by atoms with E-state index in [0.717, 1.165) is 44.0 Å². The molecule has 2 N–H and O–H groups in total.